The molecule has 0 spiro atoms. The number of fused-ring (bicyclic) bond motifs is 1. The highest BCUT2D eigenvalue weighted by Crippen LogP contribution is 2.23. The fourth-order valence-electron chi connectivity index (χ4n) is 2.76. The molecule has 1 amide bonds. The van der Waals surface area contributed by atoms with E-state index in [2.05, 4.69) is 10.4 Å². The number of carbonyl (C=O) groups excluding carboxylic acids is 1. The Morgan fingerprint density at radius 1 is 0.920 bits per heavy atom. The molecule has 0 unspecified atom stereocenters. The van der Waals surface area contributed by atoms with Crippen LogP contribution in [0.25, 0.3) is 16.6 Å². The standard InChI is InChI=1S/C20H14ClN3O/c21-14-7-6-8-15(13-14)22-20(25)19-17-11-4-5-12-18(17)24(23-19)16-9-2-1-3-10-16/h1-13H,(H,22,25). The van der Waals surface area contributed by atoms with Gasteiger partial charge < -0.3 is 5.32 Å². The van der Waals surface area contributed by atoms with Gasteiger partial charge in [0.1, 0.15) is 0 Å². The van der Waals surface area contributed by atoms with Crippen LogP contribution in [0, 0.1) is 0 Å². The molecule has 0 fully saturated rings. The normalized spacial score (nSPS) is 10.8. The minimum absolute atomic E-state index is 0.270. The summed E-state index contributed by atoms with van der Waals surface area (Å²) in [5, 5.41) is 8.77. The van der Waals surface area contributed by atoms with Crippen LogP contribution in [0.1, 0.15) is 10.5 Å². The van der Waals surface area contributed by atoms with Crippen LogP contribution in [-0.4, -0.2) is 15.7 Å². The first-order valence-corrected chi connectivity index (χ1v) is 8.20. The Kier molecular flexibility index (Phi) is 3.96. The van der Waals surface area contributed by atoms with Crippen molar-refractivity contribution in [3.8, 4) is 5.69 Å². The van der Waals surface area contributed by atoms with E-state index in [1.54, 1.807) is 28.9 Å². The van der Waals surface area contributed by atoms with Gasteiger partial charge in [0.05, 0.1) is 11.2 Å². The second kappa shape index (κ2) is 6.42. The van der Waals surface area contributed by atoms with Gasteiger partial charge in [-0.3, -0.25) is 4.79 Å². The maximum absolute atomic E-state index is 12.8. The van der Waals surface area contributed by atoms with Gasteiger partial charge in [-0.2, -0.15) is 5.10 Å². The molecule has 0 bridgehead atoms. The van der Waals surface area contributed by atoms with Gasteiger partial charge in [0.2, 0.25) is 0 Å². The third-order valence-electron chi connectivity index (χ3n) is 3.89. The Labute approximate surface area is 149 Å². The van der Waals surface area contributed by atoms with Crippen molar-refractivity contribution in [2.24, 2.45) is 0 Å². The Balaban J connectivity index is 1.78. The lowest BCUT2D eigenvalue weighted by molar-refractivity contribution is 0.102. The van der Waals surface area contributed by atoms with E-state index in [1.165, 1.54) is 0 Å². The summed E-state index contributed by atoms with van der Waals surface area (Å²) in [6, 6.07) is 24.5. The number of benzene rings is 3. The zero-order chi connectivity index (χ0) is 17.2. The van der Waals surface area contributed by atoms with Gasteiger partial charge >= 0.3 is 0 Å². The fourth-order valence-corrected chi connectivity index (χ4v) is 2.95. The summed E-state index contributed by atoms with van der Waals surface area (Å²) in [6.45, 7) is 0. The van der Waals surface area contributed by atoms with Gasteiger partial charge in [0.15, 0.2) is 5.69 Å². The molecule has 3 aromatic carbocycles. The molecule has 4 rings (SSSR count). The summed E-state index contributed by atoms with van der Waals surface area (Å²) in [7, 11) is 0. The van der Waals surface area contributed by atoms with E-state index in [-0.39, 0.29) is 5.91 Å². The number of nitrogens with zero attached hydrogens (tertiary/aromatic N) is 2. The summed E-state index contributed by atoms with van der Waals surface area (Å²) < 4.78 is 1.78. The van der Waals surface area contributed by atoms with Crippen LogP contribution >= 0.6 is 11.6 Å². The topological polar surface area (TPSA) is 46.9 Å². The van der Waals surface area contributed by atoms with E-state index < -0.39 is 0 Å². The van der Waals surface area contributed by atoms with Crippen LogP contribution in [-0.2, 0) is 0 Å². The highest BCUT2D eigenvalue weighted by atomic mass is 35.5. The maximum atomic E-state index is 12.8. The fraction of sp³-hybridized carbons (Fsp3) is 0. The predicted molar refractivity (Wildman–Crippen MR) is 100 cm³/mol. The number of rotatable bonds is 3. The monoisotopic (exact) mass is 347 g/mol. The van der Waals surface area contributed by atoms with Gasteiger partial charge in [-0.15, -0.1) is 0 Å². The van der Waals surface area contributed by atoms with Gasteiger partial charge in [-0.25, -0.2) is 4.68 Å². The number of carbonyl (C=O) groups is 1. The first-order valence-electron chi connectivity index (χ1n) is 7.82. The summed E-state index contributed by atoms with van der Waals surface area (Å²) in [6.07, 6.45) is 0. The second-order valence-corrected chi connectivity index (χ2v) is 6.01. The first-order chi connectivity index (χ1) is 12.2. The number of para-hydroxylation sites is 2. The zero-order valence-electron chi connectivity index (χ0n) is 13.2. The highest BCUT2D eigenvalue weighted by Gasteiger charge is 2.18. The maximum Gasteiger partial charge on any atom is 0.276 e. The molecule has 5 heteroatoms. The molecule has 4 nitrogen and oxygen atoms in total. The van der Waals surface area contributed by atoms with E-state index in [0.717, 1.165) is 16.6 Å². The Hall–Kier alpha value is -3.11. The van der Waals surface area contributed by atoms with Crippen molar-refractivity contribution in [3.63, 3.8) is 0 Å². The molecule has 0 radical (unpaired) electrons. The predicted octanol–water partition coefficient (Wildman–Crippen LogP) is 4.93. The average Bonchev–Trinajstić information content (AvgIpc) is 3.02. The van der Waals surface area contributed by atoms with Gasteiger partial charge in [0.25, 0.3) is 5.91 Å². The lowest BCUT2D eigenvalue weighted by Gasteiger charge is -2.04. The zero-order valence-corrected chi connectivity index (χ0v) is 13.9. The van der Waals surface area contributed by atoms with E-state index in [9.17, 15) is 4.79 Å². The number of anilines is 1. The molecular weight excluding hydrogens is 334 g/mol. The quantitative estimate of drug-likeness (QED) is 0.571. The van der Waals surface area contributed by atoms with Crippen LogP contribution in [0.15, 0.2) is 78.9 Å². The minimum Gasteiger partial charge on any atom is -0.321 e. The Morgan fingerprint density at radius 3 is 2.48 bits per heavy atom. The molecule has 1 aromatic heterocycles. The first kappa shape index (κ1) is 15.4. The summed E-state index contributed by atoms with van der Waals surface area (Å²) in [4.78, 5) is 12.8. The minimum atomic E-state index is -0.270. The van der Waals surface area contributed by atoms with Crippen molar-refractivity contribution in [2.75, 3.05) is 5.32 Å². The SMILES string of the molecule is O=C(Nc1cccc(Cl)c1)c1nn(-c2ccccc2)c2ccccc12. The van der Waals surface area contributed by atoms with Crippen molar-refractivity contribution in [3.05, 3.63) is 89.6 Å². The van der Waals surface area contributed by atoms with Crippen molar-refractivity contribution in [1.82, 2.24) is 9.78 Å². The Bertz CT molecular complexity index is 1060. The third-order valence-corrected chi connectivity index (χ3v) is 4.12. The molecular formula is C20H14ClN3O. The number of aromatic nitrogens is 2. The highest BCUT2D eigenvalue weighted by molar-refractivity contribution is 6.31. The molecule has 122 valence electrons. The number of amides is 1. The summed E-state index contributed by atoms with van der Waals surface area (Å²) in [5.41, 5.74) is 2.79. The van der Waals surface area contributed by atoms with Gasteiger partial charge in [0, 0.05) is 16.1 Å². The van der Waals surface area contributed by atoms with Crippen LogP contribution < -0.4 is 5.32 Å². The van der Waals surface area contributed by atoms with Crippen LogP contribution in [0.4, 0.5) is 5.69 Å². The largest absolute Gasteiger partial charge is 0.321 e. The molecule has 0 atom stereocenters. The van der Waals surface area contributed by atoms with E-state index in [4.69, 9.17) is 11.6 Å². The van der Waals surface area contributed by atoms with Crippen molar-refractivity contribution in [2.45, 2.75) is 0 Å². The van der Waals surface area contributed by atoms with E-state index in [1.807, 2.05) is 54.6 Å². The average molecular weight is 348 g/mol. The van der Waals surface area contributed by atoms with Crippen LogP contribution in [0.2, 0.25) is 5.02 Å². The molecule has 4 aromatic rings. The molecule has 0 aliphatic rings. The lowest BCUT2D eigenvalue weighted by atomic mass is 10.2. The van der Waals surface area contributed by atoms with Crippen molar-refractivity contribution < 1.29 is 4.79 Å². The lowest BCUT2D eigenvalue weighted by Crippen LogP contribution is -2.13. The molecule has 1 N–H and O–H groups in total. The molecule has 1 heterocycles. The van der Waals surface area contributed by atoms with Crippen LogP contribution in [0.3, 0.4) is 0 Å². The third kappa shape index (κ3) is 2.99. The van der Waals surface area contributed by atoms with Crippen LogP contribution in [0.5, 0.6) is 0 Å². The van der Waals surface area contributed by atoms with E-state index >= 15 is 0 Å². The van der Waals surface area contributed by atoms with E-state index in [0.29, 0.717) is 16.4 Å². The number of hydrogen-bond donors (Lipinski definition) is 1. The molecule has 0 aliphatic carbocycles. The van der Waals surface area contributed by atoms with Gasteiger partial charge in [-0.1, -0.05) is 54.1 Å². The van der Waals surface area contributed by atoms with Gasteiger partial charge in [-0.05, 0) is 36.4 Å². The molecule has 0 saturated heterocycles. The molecule has 25 heavy (non-hydrogen) atoms. The Morgan fingerprint density at radius 2 is 1.68 bits per heavy atom. The number of halogens is 1. The summed E-state index contributed by atoms with van der Waals surface area (Å²) >= 11 is 5.98. The number of nitrogens with one attached hydrogen (secondary N) is 1. The summed E-state index contributed by atoms with van der Waals surface area (Å²) in [5.74, 6) is -0.270. The van der Waals surface area contributed by atoms with Crippen molar-refractivity contribution in [1.29, 1.82) is 0 Å². The molecule has 0 saturated carbocycles. The van der Waals surface area contributed by atoms with Crippen molar-refractivity contribution >= 4 is 34.1 Å². The second-order valence-electron chi connectivity index (χ2n) is 5.58. The number of hydrogen-bond acceptors (Lipinski definition) is 2. The molecule has 0 aliphatic heterocycles. The smallest absolute Gasteiger partial charge is 0.276 e.